The maximum Gasteiger partial charge on any atom is 0.0473 e. The minimum Gasteiger partial charge on any atom is -0.312 e. The Labute approximate surface area is 112 Å². The molecule has 0 aliphatic heterocycles. The van der Waals surface area contributed by atoms with Crippen LogP contribution in [0, 0.1) is 0 Å². The summed E-state index contributed by atoms with van der Waals surface area (Å²) in [7, 11) is 2.05. The number of nitrogens with zero attached hydrogens (tertiary/aromatic N) is 1. The summed E-state index contributed by atoms with van der Waals surface area (Å²) in [5.41, 5.74) is 2.79. The normalized spacial score (nSPS) is 14.8. The van der Waals surface area contributed by atoms with Gasteiger partial charge in [0.2, 0.25) is 0 Å². The smallest absolute Gasteiger partial charge is 0.0473 e. The molecule has 2 nitrogen and oxygen atoms in total. The van der Waals surface area contributed by atoms with Crippen molar-refractivity contribution in [2.45, 2.75) is 46.2 Å². The van der Waals surface area contributed by atoms with E-state index in [-0.39, 0.29) is 0 Å². The van der Waals surface area contributed by atoms with Crippen molar-refractivity contribution in [3.8, 4) is 0 Å². The zero-order valence-electron chi connectivity index (χ0n) is 12.5. The van der Waals surface area contributed by atoms with E-state index in [9.17, 15) is 0 Å². The third kappa shape index (κ3) is 3.56. The topological polar surface area (TPSA) is 15.3 Å². The Hall–Kier alpha value is -0.860. The van der Waals surface area contributed by atoms with Crippen LogP contribution in [0.5, 0.6) is 0 Å². The summed E-state index contributed by atoms with van der Waals surface area (Å²) in [6.07, 6.45) is 1.11. The van der Waals surface area contributed by atoms with Gasteiger partial charge in [-0.2, -0.15) is 0 Å². The molecule has 0 amide bonds. The van der Waals surface area contributed by atoms with Gasteiger partial charge in [0.25, 0.3) is 0 Å². The molecule has 1 aromatic rings. The molecule has 0 radical (unpaired) electrons. The third-order valence-corrected chi connectivity index (χ3v) is 3.93. The fraction of sp³-hybridized carbons (Fsp3) is 0.625. The van der Waals surface area contributed by atoms with Gasteiger partial charge >= 0.3 is 0 Å². The van der Waals surface area contributed by atoms with Gasteiger partial charge in [0.05, 0.1) is 0 Å². The van der Waals surface area contributed by atoms with E-state index in [0.29, 0.717) is 12.1 Å². The predicted octanol–water partition coefficient (Wildman–Crippen LogP) is 3.24. The first-order valence-corrected chi connectivity index (χ1v) is 7.17. The van der Waals surface area contributed by atoms with E-state index >= 15 is 0 Å². The predicted molar refractivity (Wildman–Crippen MR) is 80.0 cm³/mol. The van der Waals surface area contributed by atoms with Crippen molar-refractivity contribution in [2.24, 2.45) is 0 Å². The second-order valence-electron chi connectivity index (χ2n) is 4.82. The van der Waals surface area contributed by atoms with Crippen LogP contribution >= 0.6 is 0 Å². The lowest BCUT2D eigenvalue weighted by Gasteiger charge is -2.33. The summed E-state index contributed by atoms with van der Waals surface area (Å²) in [5.74, 6) is 0. The van der Waals surface area contributed by atoms with Gasteiger partial charge < -0.3 is 5.32 Å². The van der Waals surface area contributed by atoms with E-state index in [0.717, 1.165) is 19.5 Å². The molecule has 2 heteroatoms. The molecular formula is C16H28N2. The molecule has 0 aromatic heterocycles. The Balaban J connectivity index is 2.86. The van der Waals surface area contributed by atoms with Gasteiger partial charge in [-0.15, -0.1) is 0 Å². The molecule has 2 unspecified atom stereocenters. The Morgan fingerprint density at radius 2 is 1.61 bits per heavy atom. The molecule has 0 aliphatic carbocycles. The number of benzene rings is 1. The van der Waals surface area contributed by atoms with Gasteiger partial charge in [-0.1, -0.05) is 45.0 Å². The summed E-state index contributed by atoms with van der Waals surface area (Å²) >= 11 is 0. The molecular weight excluding hydrogens is 220 g/mol. The number of aryl methyl sites for hydroxylation is 1. The van der Waals surface area contributed by atoms with E-state index in [1.165, 1.54) is 11.1 Å². The second-order valence-corrected chi connectivity index (χ2v) is 4.82. The van der Waals surface area contributed by atoms with Crippen LogP contribution in [0.25, 0.3) is 0 Å². The zero-order valence-corrected chi connectivity index (χ0v) is 12.5. The van der Waals surface area contributed by atoms with E-state index in [1.54, 1.807) is 0 Å². The molecule has 102 valence electrons. The first kappa shape index (κ1) is 15.2. The highest BCUT2D eigenvalue weighted by Gasteiger charge is 2.21. The summed E-state index contributed by atoms with van der Waals surface area (Å²) in [4.78, 5) is 2.49. The SMILES string of the molecule is CCc1ccc(C(NC)C(C)N(CC)CC)cc1. The van der Waals surface area contributed by atoms with E-state index in [1.807, 2.05) is 0 Å². The lowest BCUT2D eigenvalue weighted by atomic mass is 9.97. The third-order valence-electron chi connectivity index (χ3n) is 3.93. The van der Waals surface area contributed by atoms with Gasteiger partial charge in [-0.25, -0.2) is 0 Å². The molecule has 0 heterocycles. The van der Waals surface area contributed by atoms with Crippen LogP contribution in [-0.4, -0.2) is 31.1 Å². The monoisotopic (exact) mass is 248 g/mol. The van der Waals surface area contributed by atoms with E-state index in [2.05, 4.69) is 69.2 Å². The Morgan fingerprint density at radius 1 is 1.06 bits per heavy atom. The highest BCUT2D eigenvalue weighted by atomic mass is 15.2. The van der Waals surface area contributed by atoms with Crippen molar-refractivity contribution in [3.63, 3.8) is 0 Å². The minimum absolute atomic E-state index is 0.399. The lowest BCUT2D eigenvalue weighted by Crippen LogP contribution is -2.41. The maximum absolute atomic E-state index is 3.46. The number of likely N-dealkylation sites (N-methyl/N-ethyl adjacent to an activating group) is 2. The number of nitrogens with one attached hydrogen (secondary N) is 1. The average molecular weight is 248 g/mol. The molecule has 1 N–H and O–H groups in total. The highest BCUT2D eigenvalue weighted by Crippen LogP contribution is 2.21. The maximum atomic E-state index is 3.46. The van der Waals surface area contributed by atoms with Crippen molar-refractivity contribution in [2.75, 3.05) is 20.1 Å². The van der Waals surface area contributed by atoms with Gasteiger partial charge in [0.15, 0.2) is 0 Å². The van der Waals surface area contributed by atoms with E-state index in [4.69, 9.17) is 0 Å². The lowest BCUT2D eigenvalue weighted by molar-refractivity contribution is 0.190. The second kappa shape index (κ2) is 7.55. The van der Waals surface area contributed by atoms with Gasteiger partial charge in [-0.05, 0) is 44.6 Å². The Bertz CT molecular complexity index is 327. The standard InChI is InChI=1S/C16H28N2/c1-6-14-9-11-15(12-10-14)16(17-5)13(4)18(7-2)8-3/h9-13,16-17H,6-8H2,1-5H3. The zero-order chi connectivity index (χ0) is 13.5. The molecule has 1 aromatic carbocycles. The first-order chi connectivity index (χ1) is 8.67. The van der Waals surface area contributed by atoms with Crippen molar-refractivity contribution < 1.29 is 0 Å². The molecule has 0 saturated heterocycles. The first-order valence-electron chi connectivity index (χ1n) is 7.17. The fourth-order valence-electron chi connectivity index (χ4n) is 2.66. The molecule has 0 saturated carbocycles. The molecule has 0 bridgehead atoms. The minimum atomic E-state index is 0.399. The fourth-order valence-corrected chi connectivity index (χ4v) is 2.66. The Morgan fingerprint density at radius 3 is 2.00 bits per heavy atom. The van der Waals surface area contributed by atoms with Crippen LogP contribution in [0.15, 0.2) is 24.3 Å². The van der Waals surface area contributed by atoms with Crippen LogP contribution in [0.1, 0.15) is 44.9 Å². The van der Waals surface area contributed by atoms with Crippen LogP contribution < -0.4 is 5.32 Å². The summed E-state index contributed by atoms with van der Waals surface area (Å²) in [6, 6.07) is 9.93. The highest BCUT2D eigenvalue weighted by molar-refractivity contribution is 5.26. The average Bonchev–Trinajstić information content (AvgIpc) is 2.42. The quantitative estimate of drug-likeness (QED) is 0.797. The molecule has 0 fully saturated rings. The van der Waals surface area contributed by atoms with Crippen LogP contribution in [0.2, 0.25) is 0 Å². The largest absolute Gasteiger partial charge is 0.312 e. The van der Waals surface area contributed by atoms with Gasteiger partial charge in [0, 0.05) is 12.1 Å². The van der Waals surface area contributed by atoms with Gasteiger partial charge in [0.1, 0.15) is 0 Å². The van der Waals surface area contributed by atoms with Crippen molar-refractivity contribution in [1.82, 2.24) is 10.2 Å². The Kier molecular flexibility index (Phi) is 6.37. The van der Waals surface area contributed by atoms with Crippen molar-refractivity contribution in [3.05, 3.63) is 35.4 Å². The summed E-state index contributed by atoms with van der Waals surface area (Å²) < 4.78 is 0. The number of hydrogen-bond acceptors (Lipinski definition) is 2. The molecule has 0 aliphatic rings. The number of rotatable bonds is 7. The van der Waals surface area contributed by atoms with Crippen LogP contribution in [-0.2, 0) is 6.42 Å². The van der Waals surface area contributed by atoms with Crippen LogP contribution in [0.4, 0.5) is 0 Å². The molecule has 0 spiro atoms. The molecule has 18 heavy (non-hydrogen) atoms. The summed E-state index contributed by atoms with van der Waals surface area (Å²) in [5, 5.41) is 3.46. The van der Waals surface area contributed by atoms with Crippen LogP contribution in [0.3, 0.4) is 0 Å². The van der Waals surface area contributed by atoms with E-state index < -0.39 is 0 Å². The number of hydrogen-bond donors (Lipinski definition) is 1. The summed E-state index contributed by atoms with van der Waals surface area (Å²) in [6.45, 7) is 11.2. The molecule has 2 atom stereocenters. The van der Waals surface area contributed by atoms with Crippen molar-refractivity contribution >= 4 is 0 Å². The van der Waals surface area contributed by atoms with Crippen molar-refractivity contribution in [1.29, 1.82) is 0 Å². The van der Waals surface area contributed by atoms with Gasteiger partial charge in [-0.3, -0.25) is 4.90 Å². The molecule has 1 rings (SSSR count).